The van der Waals surface area contributed by atoms with Crippen LogP contribution in [0.2, 0.25) is 0 Å². The van der Waals surface area contributed by atoms with Gasteiger partial charge in [-0.25, -0.2) is 8.42 Å². The molecular weight excluding hydrogens is 362 g/mol. The summed E-state index contributed by atoms with van der Waals surface area (Å²) in [5, 5.41) is 0. The Kier molecular flexibility index (Phi) is 5.08. The summed E-state index contributed by atoms with van der Waals surface area (Å²) in [6.45, 7) is 10.0. The van der Waals surface area contributed by atoms with E-state index in [-0.39, 0.29) is 23.8 Å². The molecule has 0 aromatic heterocycles. The fraction of sp³-hybridized carbons (Fsp3) is 0.476. The fourth-order valence-electron chi connectivity index (χ4n) is 4.10. The highest BCUT2D eigenvalue weighted by molar-refractivity contribution is 7.89. The minimum atomic E-state index is -3.60. The lowest BCUT2D eigenvalue weighted by Gasteiger charge is -2.28. The molecule has 0 radical (unpaired) electrons. The number of hydrogen-bond donors (Lipinski definition) is 0. The van der Waals surface area contributed by atoms with Gasteiger partial charge in [-0.3, -0.25) is 4.79 Å². The first-order chi connectivity index (χ1) is 12.5. The van der Waals surface area contributed by atoms with E-state index >= 15 is 0 Å². The number of fused-ring (bicyclic) bond motifs is 1. The second kappa shape index (κ2) is 6.91. The number of ether oxygens (including phenoxy) is 1. The number of carbonyl (C=O) groups excluding carboxylic acids is 1. The van der Waals surface area contributed by atoms with Crippen LogP contribution in [0, 0.1) is 18.3 Å². The first-order valence-electron chi connectivity index (χ1n) is 9.17. The van der Waals surface area contributed by atoms with Crippen LogP contribution in [0.1, 0.15) is 39.7 Å². The number of allylic oxidation sites excluding steroid dienone is 2. The van der Waals surface area contributed by atoms with Crippen molar-refractivity contribution >= 4 is 16.0 Å². The van der Waals surface area contributed by atoms with Gasteiger partial charge in [-0.2, -0.15) is 4.31 Å². The zero-order valence-corrected chi connectivity index (χ0v) is 17.4. The molecule has 1 aromatic rings. The van der Waals surface area contributed by atoms with E-state index in [9.17, 15) is 13.2 Å². The van der Waals surface area contributed by atoms with Crippen LogP contribution in [-0.4, -0.2) is 31.8 Å². The van der Waals surface area contributed by atoms with Gasteiger partial charge in [0.05, 0.1) is 4.90 Å². The number of rotatable bonds is 3. The summed E-state index contributed by atoms with van der Waals surface area (Å²) in [7, 11) is -3.60. The van der Waals surface area contributed by atoms with Crippen molar-refractivity contribution in [3.63, 3.8) is 0 Å². The number of benzene rings is 1. The Morgan fingerprint density at radius 3 is 2.41 bits per heavy atom. The van der Waals surface area contributed by atoms with Gasteiger partial charge in [0, 0.05) is 31.3 Å². The lowest BCUT2D eigenvalue weighted by atomic mass is 9.83. The molecule has 6 heteroatoms. The van der Waals surface area contributed by atoms with Gasteiger partial charge in [0.1, 0.15) is 5.76 Å². The maximum atomic E-state index is 13.1. The number of esters is 1. The zero-order valence-electron chi connectivity index (χ0n) is 16.6. The molecule has 1 heterocycles. The topological polar surface area (TPSA) is 63.7 Å². The molecule has 27 heavy (non-hydrogen) atoms. The first-order valence-corrected chi connectivity index (χ1v) is 10.6. The highest BCUT2D eigenvalue weighted by Gasteiger charge is 2.42. The first kappa shape index (κ1) is 19.8. The third-order valence-corrected chi connectivity index (χ3v) is 7.04. The van der Waals surface area contributed by atoms with Gasteiger partial charge in [0.2, 0.25) is 10.0 Å². The second-order valence-electron chi connectivity index (χ2n) is 8.24. The predicted octanol–water partition coefficient (Wildman–Crippen LogP) is 3.81. The van der Waals surface area contributed by atoms with E-state index in [1.165, 1.54) is 16.8 Å². The monoisotopic (exact) mass is 389 g/mol. The van der Waals surface area contributed by atoms with Gasteiger partial charge < -0.3 is 4.74 Å². The Labute approximate surface area is 161 Å². The van der Waals surface area contributed by atoms with Crippen LogP contribution < -0.4 is 0 Å². The Balaban J connectivity index is 2.04. The SMILES string of the molecule is CC(=O)OC1=C2CN(S(=O)(=O)c3ccc(C)cc3)C[C@H]2C=C(C)CC1(C)C. The Morgan fingerprint density at radius 1 is 1.19 bits per heavy atom. The van der Waals surface area contributed by atoms with Crippen LogP contribution >= 0.6 is 0 Å². The quantitative estimate of drug-likeness (QED) is 0.582. The average Bonchev–Trinajstić information content (AvgIpc) is 2.92. The van der Waals surface area contributed by atoms with Crippen molar-refractivity contribution in [3.05, 3.63) is 52.8 Å². The van der Waals surface area contributed by atoms with Gasteiger partial charge in [-0.1, -0.05) is 43.2 Å². The van der Waals surface area contributed by atoms with E-state index in [0.29, 0.717) is 17.2 Å². The number of sulfonamides is 1. The summed E-state index contributed by atoms with van der Waals surface area (Å²) in [5.41, 5.74) is 2.72. The van der Waals surface area contributed by atoms with Crippen molar-refractivity contribution in [1.82, 2.24) is 4.31 Å². The van der Waals surface area contributed by atoms with Crippen LogP contribution in [0.4, 0.5) is 0 Å². The standard InChI is InChI=1S/C21H27NO4S/c1-14-6-8-18(9-7-14)27(24,25)22-12-17-10-15(2)11-21(4,5)20(19(17)13-22)26-16(3)23/h6-10,17H,11-13H2,1-5H3/t17-/m1/s1. The number of aryl methyl sites for hydroxylation is 1. The second-order valence-corrected chi connectivity index (χ2v) is 10.2. The molecule has 1 aliphatic carbocycles. The van der Waals surface area contributed by atoms with Gasteiger partial charge in [0.25, 0.3) is 0 Å². The molecule has 1 aromatic carbocycles. The van der Waals surface area contributed by atoms with Crippen molar-refractivity contribution in [3.8, 4) is 0 Å². The van der Waals surface area contributed by atoms with Crippen molar-refractivity contribution in [2.75, 3.05) is 13.1 Å². The molecule has 0 unspecified atom stereocenters. The maximum Gasteiger partial charge on any atom is 0.307 e. The molecule has 0 N–H and O–H groups in total. The Hall–Kier alpha value is -1.92. The highest BCUT2D eigenvalue weighted by Crippen LogP contribution is 2.44. The van der Waals surface area contributed by atoms with Crippen molar-refractivity contribution in [1.29, 1.82) is 0 Å². The summed E-state index contributed by atoms with van der Waals surface area (Å²) in [5.74, 6) is 0.180. The smallest absolute Gasteiger partial charge is 0.307 e. The lowest BCUT2D eigenvalue weighted by molar-refractivity contribution is -0.138. The summed E-state index contributed by atoms with van der Waals surface area (Å²) < 4.78 is 33.4. The molecule has 1 aliphatic heterocycles. The third-order valence-electron chi connectivity index (χ3n) is 5.21. The molecule has 0 bridgehead atoms. The van der Waals surface area contributed by atoms with E-state index in [0.717, 1.165) is 17.6 Å². The van der Waals surface area contributed by atoms with Gasteiger partial charge in [0.15, 0.2) is 0 Å². The van der Waals surface area contributed by atoms with E-state index < -0.39 is 10.0 Å². The molecule has 1 fully saturated rings. The Morgan fingerprint density at radius 2 is 1.81 bits per heavy atom. The van der Waals surface area contributed by atoms with Gasteiger partial charge >= 0.3 is 5.97 Å². The van der Waals surface area contributed by atoms with E-state index in [1.54, 1.807) is 24.3 Å². The number of carbonyl (C=O) groups is 1. The molecule has 5 nitrogen and oxygen atoms in total. The van der Waals surface area contributed by atoms with Crippen molar-refractivity contribution in [2.45, 2.75) is 45.9 Å². The fourth-order valence-corrected chi connectivity index (χ4v) is 5.54. The van der Waals surface area contributed by atoms with Gasteiger partial charge in [-0.05, 0) is 38.0 Å². The summed E-state index contributed by atoms with van der Waals surface area (Å²) in [6.07, 6.45) is 2.90. The van der Waals surface area contributed by atoms with Crippen LogP contribution in [-0.2, 0) is 19.6 Å². The largest absolute Gasteiger partial charge is 0.431 e. The predicted molar refractivity (Wildman–Crippen MR) is 104 cm³/mol. The van der Waals surface area contributed by atoms with Crippen LogP contribution in [0.25, 0.3) is 0 Å². The maximum absolute atomic E-state index is 13.1. The van der Waals surface area contributed by atoms with E-state index in [2.05, 4.69) is 6.08 Å². The zero-order chi connectivity index (χ0) is 20.0. The molecule has 146 valence electrons. The van der Waals surface area contributed by atoms with Gasteiger partial charge in [-0.15, -0.1) is 0 Å². The third kappa shape index (κ3) is 3.87. The molecule has 1 saturated heterocycles. The lowest BCUT2D eigenvalue weighted by Crippen LogP contribution is -2.29. The summed E-state index contributed by atoms with van der Waals surface area (Å²) >= 11 is 0. The summed E-state index contributed by atoms with van der Waals surface area (Å²) in [4.78, 5) is 12.0. The molecule has 2 aliphatic rings. The van der Waals surface area contributed by atoms with Crippen molar-refractivity contribution < 1.29 is 17.9 Å². The number of nitrogens with zero attached hydrogens (tertiary/aromatic N) is 1. The van der Waals surface area contributed by atoms with Crippen LogP contribution in [0.3, 0.4) is 0 Å². The average molecular weight is 390 g/mol. The van der Waals surface area contributed by atoms with Crippen LogP contribution in [0.15, 0.2) is 52.1 Å². The molecule has 3 rings (SSSR count). The van der Waals surface area contributed by atoms with Crippen molar-refractivity contribution in [2.24, 2.45) is 11.3 Å². The minimum Gasteiger partial charge on any atom is -0.431 e. The molecule has 1 atom stereocenters. The molecule has 0 spiro atoms. The molecular formula is C21H27NO4S. The highest BCUT2D eigenvalue weighted by atomic mass is 32.2. The normalized spacial score (nSPS) is 22.9. The van der Waals surface area contributed by atoms with E-state index in [4.69, 9.17) is 4.74 Å². The number of hydrogen-bond acceptors (Lipinski definition) is 4. The molecule has 0 amide bonds. The van der Waals surface area contributed by atoms with E-state index in [1.807, 2.05) is 27.7 Å². The molecule has 0 saturated carbocycles. The Bertz CT molecular complexity index is 923. The van der Waals surface area contributed by atoms with Crippen LogP contribution in [0.5, 0.6) is 0 Å². The summed E-state index contributed by atoms with van der Waals surface area (Å²) in [6, 6.07) is 6.89. The minimum absolute atomic E-state index is 0.0682.